The minimum atomic E-state index is -0.740. The van der Waals surface area contributed by atoms with E-state index in [1.165, 1.54) is 35.1 Å². The number of carbonyl (C=O) groups is 4. The zero-order valence-electron chi connectivity index (χ0n) is 23.8. The van der Waals surface area contributed by atoms with Gasteiger partial charge in [-0.3, -0.25) is 19.3 Å². The van der Waals surface area contributed by atoms with Crippen LogP contribution in [0.1, 0.15) is 54.4 Å². The second kappa shape index (κ2) is 14.5. The third-order valence-electron chi connectivity index (χ3n) is 7.21. The number of nitrogens with zero attached hydrogens (tertiary/aromatic N) is 2. The van der Waals surface area contributed by atoms with Crippen molar-refractivity contribution < 1.29 is 28.7 Å². The van der Waals surface area contributed by atoms with Crippen molar-refractivity contribution in [1.82, 2.24) is 15.2 Å². The summed E-state index contributed by atoms with van der Waals surface area (Å²) in [5.74, 6) is -0.276. The maximum absolute atomic E-state index is 13.5. The minimum Gasteiger partial charge on any atom is -0.469 e. The first kappa shape index (κ1) is 30.6. The van der Waals surface area contributed by atoms with Crippen molar-refractivity contribution in [2.75, 3.05) is 18.2 Å². The molecule has 43 heavy (non-hydrogen) atoms. The van der Waals surface area contributed by atoms with E-state index < -0.39 is 12.1 Å². The van der Waals surface area contributed by atoms with E-state index in [-0.39, 0.29) is 29.8 Å². The first-order valence-corrected chi connectivity index (χ1v) is 16.2. The number of esters is 1. The number of rotatable bonds is 12. The second-order valence-electron chi connectivity index (χ2n) is 10.4. The molecule has 1 aliphatic heterocycles. The summed E-state index contributed by atoms with van der Waals surface area (Å²) in [5.41, 5.74) is 2.95. The summed E-state index contributed by atoms with van der Waals surface area (Å²) in [5, 5.41) is 7.85. The molecule has 12 heteroatoms. The summed E-state index contributed by atoms with van der Waals surface area (Å²) in [7, 11) is 1.36. The Bertz CT molecular complexity index is 1430. The summed E-state index contributed by atoms with van der Waals surface area (Å²) in [6, 6.07) is 16.1. The molecule has 3 aromatic rings. The summed E-state index contributed by atoms with van der Waals surface area (Å²) in [4.78, 5) is 56.6. The van der Waals surface area contributed by atoms with Crippen molar-refractivity contribution in [3.8, 4) is 11.3 Å². The smallest absolute Gasteiger partial charge is 0.411 e. The monoisotopic (exact) mass is 622 g/mol. The number of thioether (sulfide) groups is 1. The molecule has 2 heterocycles. The second-order valence-corrected chi connectivity index (χ2v) is 12.5. The van der Waals surface area contributed by atoms with Gasteiger partial charge in [-0.05, 0) is 49.8 Å². The highest BCUT2D eigenvalue weighted by atomic mass is 32.2. The van der Waals surface area contributed by atoms with E-state index >= 15 is 0 Å². The van der Waals surface area contributed by atoms with E-state index in [2.05, 4.69) is 15.6 Å². The molecular formula is C31H34N4O6S2. The molecule has 0 bridgehead atoms. The Balaban J connectivity index is 1.22. The van der Waals surface area contributed by atoms with Crippen LogP contribution in [0.2, 0.25) is 0 Å². The van der Waals surface area contributed by atoms with Crippen molar-refractivity contribution >= 4 is 52.1 Å². The van der Waals surface area contributed by atoms with Crippen molar-refractivity contribution in [2.45, 2.75) is 62.6 Å². The van der Waals surface area contributed by atoms with Crippen LogP contribution in [0.25, 0.3) is 11.3 Å². The van der Waals surface area contributed by atoms with Crippen LogP contribution in [0.3, 0.4) is 0 Å². The number of nitrogens with one attached hydrogen (secondary N) is 2. The van der Waals surface area contributed by atoms with Crippen molar-refractivity contribution in [2.24, 2.45) is 0 Å². The fourth-order valence-corrected chi connectivity index (χ4v) is 6.82. The number of ether oxygens (including phenoxy) is 2. The van der Waals surface area contributed by atoms with Gasteiger partial charge < -0.3 is 20.1 Å². The molecular weight excluding hydrogens is 588 g/mol. The largest absolute Gasteiger partial charge is 0.469 e. The van der Waals surface area contributed by atoms with E-state index in [1.807, 2.05) is 47.8 Å². The van der Waals surface area contributed by atoms with Gasteiger partial charge in [-0.25, -0.2) is 9.78 Å². The number of anilines is 1. The molecule has 3 amide bonds. The number of unbranched alkanes of at least 4 members (excludes halogenated alkanes) is 1. The van der Waals surface area contributed by atoms with Gasteiger partial charge in [0.1, 0.15) is 12.6 Å². The standard InChI is InChI=1S/C31H34N4O6S2/c1-40-27(36)10-6-5-9-26-35(31(39)41-17-20-7-3-2-4-8-20)25(19-42-26)29(38)34-30-33-24(18-43-30)21-11-13-22(14-12-21)28(37)32-23-15-16-23/h2-4,7-8,11-14,18,23,25-26H,5-6,9-10,15-17,19H2,1H3,(H,32,37)(H,33,34,38). The quantitative estimate of drug-likeness (QED) is 0.202. The molecule has 10 nitrogen and oxygen atoms in total. The van der Waals surface area contributed by atoms with Crippen LogP contribution in [0.5, 0.6) is 0 Å². The van der Waals surface area contributed by atoms with Crippen molar-refractivity contribution in [3.63, 3.8) is 0 Å². The van der Waals surface area contributed by atoms with E-state index in [4.69, 9.17) is 9.47 Å². The molecule has 226 valence electrons. The zero-order valence-corrected chi connectivity index (χ0v) is 25.5. The number of aromatic nitrogens is 1. The summed E-state index contributed by atoms with van der Waals surface area (Å²) < 4.78 is 10.3. The SMILES string of the molecule is COC(=O)CCCCC1SCC(C(=O)Nc2nc(-c3ccc(C(=O)NC4CC4)cc3)cs2)N1C(=O)OCc1ccccc1. The van der Waals surface area contributed by atoms with Crippen LogP contribution in [0.15, 0.2) is 60.0 Å². The van der Waals surface area contributed by atoms with Gasteiger partial charge in [0.2, 0.25) is 5.91 Å². The fraction of sp³-hybridized carbons (Fsp3) is 0.387. The summed E-state index contributed by atoms with van der Waals surface area (Å²) >= 11 is 2.81. The lowest BCUT2D eigenvalue weighted by Gasteiger charge is -2.28. The Morgan fingerprint density at radius 1 is 1.02 bits per heavy atom. The maximum Gasteiger partial charge on any atom is 0.411 e. The molecule has 1 saturated heterocycles. The molecule has 2 N–H and O–H groups in total. The van der Waals surface area contributed by atoms with Crippen LogP contribution < -0.4 is 10.6 Å². The van der Waals surface area contributed by atoms with E-state index in [0.29, 0.717) is 53.9 Å². The normalized spacial score (nSPS) is 17.7. The highest BCUT2D eigenvalue weighted by molar-refractivity contribution is 8.00. The van der Waals surface area contributed by atoms with Gasteiger partial charge in [0, 0.05) is 34.7 Å². The maximum atomic E-state index is 13.5. The van der Waals surface area contributed by atoms with Crippen LogP contribution >= 0.6 is 23.1 Å². The van der Waals surface area contributed by atoms with E-state index in [1.54, 1.807) is 12.1 Å². The number of benzene rings is 2. The molecule has 2 fully saturated rings. The number of thiazole rings is 1. The van der Waals surface area contributed by atoms with Gasteiger partial charge in [0.05, 0.1) is 18.2 Å². The third-order valence-corrected chi connectivity index (χ3v) is 9.32. The number of methoxy groups -OCH3 is 1. The van der Waals surface area contributed by atoms with Gasteiger partial charge in [0.25, 0.3) is 5.91 Å². The Kier molecular flexibility index (Phi) is 10.3. The molecule has 2 aromatic carbocycles. The van der Waals surface area contributed by atoms with Crippen molar-refractivity contribution in [1.29, 1.82) is 0 Å². The van der Waals surface area contributed by atoms with Crippen LogP contribution in [-0.4, -0.2) is 64.1 Å². The lowest BCUT2D eigenvalue weighted by Crippen LogP contribution is -2.47. The topological polar surface area (TPSA) is 127 Å². The van der Waals surface area contributed by atoms with Gasteiger partial charge in [-0.2, -0.15) is 0 Å². The van der Waals surface area contributed by atoms with Gasteiger partial charge in [-0.15, -0.1) is 23.1 Å². The van der Waals surface area contributed by atoms with Crippen LogP contribution in [0.4, 0.5) is 9.93 Å². The Morgan fingerprint density at radius 2 is 1.79 bits per heavy atom. The minimum absolute atomic E-state index is 0.0802. The number of carbonyl (C=O) groups excluding carboxylic acids is 4. The highest BCUT2D eigenvalue weighted by Gasteiger charge is 2.42. The molecule has 0 spiro atoms. The predicted molar refractivity (Wildman–Crippen MR) is 166 cm³/mol. The predicted octanol–water partition coefficient (Wildman–Crippen LogP) is 5.45. The summed E-state index contributed by atoms with van der Waals surface area (Å²) in [6.45, 7) is 0.0983. The third kappa shape index (κ3) is 8.35. The number of hydrogen-bond donors (Lipinski definition) is 2. The van der Waals surface area contributed by atoms with Crippen molar-refractivity contribution in [3.05, 3.63) is 71.1 Å². The molecule has 2 unspecified atom stereocenters. The van der Waals surface area contributed by atoms with Crippen LogP contribution in [-0.2, 0) is 25.7 Å². The highest BCUT2D eigenvalue weighted by Crippen LogP contribution is 2.35. The molecule has 1 aromatic heterocycles. The fourth-order valence-electron chi connectivity index (χ4n) is 4.66. The van der Waals surface area contributed by atoms with Gasteiger partial charge in [0.15, 0.2) is 5.13 Å². The number of amides is 3. The molecule has 0 radical (unpaired) electrons. The Labute approximate surface area is 258 Å². The first-order valence-electron chi connectivity index (χ1n) is 14.3. The zero-order chi connectivity index (χ0) is 30.2. The van der Waals surface area contributed by atoms with E-state index in [9.17, 15) is 19.2 Å². The first-order chi connectivity index (χ1) is 20.9. The molecule has 1 aliphatic carbocycles. The average molecular weight is 623 g/mol. The molecule has 5 rings (SSSR count). The molecule has 2 aliphatic rings. The van der Waals surface area contributed by atoms with Gasteiger partial charge in [-0.1, -0.05) is 42.5 Å². The van der Waals surface area contributed by atoms with Crippen LogP contribution in [0, 0.1) is 0 Å². The van der Waals surface area contributed by atoms with E-state index in [0.717, 1.165) is 24.0 Å². The Hall–Kier alpha value is -3.90. The number of hydrogen-bond acceptors (Lipinski definition) is 9. The molecule has 2 atom stereocenters. The average Bonchev–Trinajstić information content (AvgIpc) is 3.54. The molecule has 1 saturated carbocycles. The lowest BCUT2D eigenvalue weighted by atomic mass is 10.1. The lowest BCUT2D eigenvalue weighted by molar-refractivity contribution is -0.140. The Morgan fingerprint density at radius 3 is 2.51 bits per heavy atom. The summed E-state index contributed by atoms with van der Waals surface area (Å²) in [6.07, 6.45) is 3.74. The van der Waals surface area contributed by atoms with Gasteiger partial charge >= 0.3 is 12.1 Å².